The van der Waals surface area contributed by atoms with E-state index in [1.807, 2.05) is 38.1 Å². The van der Waals surface area contributed by atoms with Crippen LogP contribution in [0.3, 0.4) is 0 Å². The van der Waals surface area contributed by atoms with Gasteiger partial charge in [-0.3, -0.25) is 9.59 Å². The van der Waals surface area contributed by atoms with E-state index < -0.39 is 0 Å². The molecule has 0 bridgehead atoms. The van der Waals surface area contributed by atoms with Crippen molar-refractivity contribution in [2.24, 2.45) is 0 Å². The summed E-state index contributed by atoms with van der Waals surface area (Å²) in [7, 11) is 0. The van der Waals surface area contributed by atoms with Crippen molar-refractivity contribution in [1.29, 1.82) is 0 Å². The summed E-state index contributed by atoms with van der Waals surface area (Å²) >= 11 is 0. The number of aryl methyl sites for hydroxylation is 2. The van der Waals surface area contributed by atoms with Crippen molar-refractivity contribution in [2.45, 2.75) is 20.3 Å². The summed E-state index contributed by atoms with van der Waals surface area (Å²) in [6.45, 7) is 4.09. The Kier molecular flexibility index (Phi) is 5.17. The average molecular weight is 352 g/mol. The van der Waals surface area contributed by atoms with Gasteiger partial charge in [0.1, 0.15) is 5.82 Å². The monoisotopic (exact) mass is 352 g/mol. The van der Waals surface area contributed by atoms with Gasteiger partial charge in [0.05, 0.1) is 17.6 Å². The van der Waals surface area contributed by atoms with Gasteiger partial charge in [0.15, 0.2) is 5.76 Å². The molecule has 2 amide bonds. The van der Waals surface area contributed by atoms with E-state index in [9.17, 15) is 9.59 Å². The molecule has 0 unspecified atom stereocenters. The quantitative estimate of drug-likeness (QED) is 0.714. The Bertz CT molecular complexity index is 896. The molecule has 0 radical (unpaired) electrons. The fourth-order valence-electron chi connectivity index (χ4n) is 2.46. The van der Waals surface area contributed by atoms with Crippen LogP contribution in [0.2, 0.25) is 0 Å². The van der Waals surface area contributed by atoms with Crippen molar-refractivity contribution < 1.29 is 14.0 Å². The predicted octanol–water partition coefficient (Wildman–Crippen LogP) is 2.84. The highest BCUT2D eigenvalue weighted by Gasteiger charge is 2.12. The van der Waals surface area contributed by atoms with Crippen molar-refractivity contribution in [2.75, 3.05) is 11.9 Å². The van der Waals surface area contributed by atoms with Gasteiger partial charge in [-0.2, -0.15) is 5.10 Å². The van der Waals surface area contributed by atoms with Crippen LogP contribution in [0.4, 0.5) is 5.82 Å². The molecular formula is C19H20N4O3. The van der Waals surface area contributed by atoms with Crippen LogP contribution in [0.25, 0.3) is 5.69 Å². The second kappa shape index (κ2) is 7.69. The molecule has 0 spiro atoms. The van der Waals surface area contributed by atoms with E-state index in [0.717, 1.165) is 16.9 Å². The number of amides is 2. The van der Waals surface area contributed by atoms with Crippen LogP contribution in [-0.4, -0.2) is 28.1 Å². The fraction of sp³-hybridized carbons (Fsp3) is 0.211. The number of aromatic nitrogens is 2. The average Bonchev–Trinajstić information content (AvgIpc) is 3.25. The van der Waals surface area contributed by atoms with Gasteiger partial charge in [-0.15, -0.1) is 0 Å². The predicted molar refractivity (Wildman–Crippen MR) is 97.3 cm³/mol. The van der Waals surface area contributed by atoms with E-state index in [1.54, 1.807) is 22.9 Å². The number of carbonyl (C=O) groups excluding carboxylic acids is 2. The Morgan fingerprint density at radius 3 is 2.62 bits per heavy atom. The molecule has 0 aliphatic carbocycles. The second-order valence-corrected chi connectivity index (χ2v) is 5.95. The van der Waals surface area contributed by atoms with Crippen LogP contribution in [0.15, 0.2) is 53.1 Å². The maximum absolute atomic E-state index is 12.2. The maximum Gasteiger partial charge on any atom is 0.286 e. The Balaban J connectivity index is 1.59. The molecule has 3 aromatic rings. The second-order valence-electron chi connectivity index (χ2n) is 5.95. The van der Waals surface area contributed by atoms with Gasteiger partial charge in [-0.05, 0) is 38.1 Å². The van der Waals surface area contributed by atoms with Crippen LogP contribution in [-0.2, 0) is 4.79 Å². The summed E-state index contributed by atoms with van der Waals surface area (Å²) in [4.78, 5) is 24.0. The SMILES string of the molecule is Cc1ccc(-n2nc(C)cc2NC(=O)CCNC(=O)c2ccco2)cc1. The summed E-state index contributed by atoms with van der Waals surface area (Å²) in [5.74, 6) is 0.258. The summed E-state index contributed by atoms with van der Waals surface area (Å²) < 4.78 is 6.69. The first-order chi connectivity index (χ1) is 12.5. The minimum absolute atomic E-state index is 0.143. The molecule has 0 aliphatic heterocycles. The lowest BCUT2D eigenvalue weighted by Crippen LogP contribution is -2.27. The summed E-state index contributed by atoms with van der Waals surface area (Å²) in [5.41, 5.74) is 2.81. The van der Waals surface area contributed by atoms with Crippen molar-refractivity contribution >= 4 is 17.6 Å². The molecule has 0 saturated carbocycles. The number of rotatable bonds is 6. The van der Waals surface area contributed by atoms with Gasteiger partial charge in [0.2, 0.25) is 5.91 Å². The maximum atomic E-state index is 12.2. The zero-order valence-corrected chi connectivity index (χ0v) is 14.7. The third kappa shape index (κ3) is 4.18. The number of nitrogens with zero attached hydrogens (tertiary/aromatic N) is 2. The Hall–Kier alpha value is -3.35. The number of carbonyl (C=O) groups is 2. The molecule has 0 saturated heterocycles. The van der Waals surface area contributed by atoms with Gasteiger partial charge in [0.25, 0.3) is 5.91 Å². The molecular weight excluding hydrogens is 332 g/mol. The van der Waals surface area contributed by atoms with Crippen LogP contribution < -0.4 is 10.6 Å². The number of nitrogens with one attached hydrogen (secondary N) is 2. The highest BCUT2D eigenvalue weighted by atomic mass is 16.3. The Labute approximate surface area is 151 Å². The zero-order valence-electron chi connectivity index (χ0n) is 14.7. The number of hydrogen-bond donors (Lipinski definition) is 2. The molecule has 26 heavy (non-hydrogen) atoms. The van der Waals surface area contributed by atoms with E-state index in [-0.39, 0.29) is 30.5 Å². The molecule has 1 aromatic carbocycles. The van der Waals surface area contributed by atoms with Crippen LogP contribution in [0.5, 0.6) is 0 Å². The van der Waals surface area contributed by atoms with Crippen LogP contribution >= 0.6 is 0 Å². The van der Waals surface area contributed by atoms with E-state index in [2.05, 4.69) is 15.7 Å². The van der Waals surface area contributed by atoms with Gasteiger partial charge >= 0.3 is 0 Å². The zero-order chi connectivity index (χ0) is 18.5. The van der Waals surface area contributed by atoms with Crippen LogP contribution in [0.1, 0.15) is 28.2 Å². The third-order valence-corrected chi connectivity index (χ3v) is 3.76. The van der Waals surface area contributed by atoms with Crippen molar-refractivity contribution in [3.05, 3.63) is 65.7 Å². The highest BCUT2D eigenvalue weighted by Crippen LogP contribution is 2.17. The molecule has 2 N–H and O–H groups in total. The first-order valence-corrected chi connectivity index (χ1v) is 8.28. The molecule has 3 rings (SSSR count). The molecule has 0 atom stereocenters. The van der Waals surface area contributed by atoms with E-state index in [0.29, 0.717) is 5.82 Å². The van der Waals surface area contributed by atoms with Gasteiger partial charge < -0.3 is 15.1 Å². The molecule has 0 aliphatic rings. The summed E-state index contributed by atoms with van der Waals surface area (Å²) in [5, 5.41) is 9.91. The molecule has 7 nitrogen and oxygen atoms in total. The lowest BCUT2D eigenvalue weighted by atomic mass is 10.2. The molecule has 134 valence electrons. The topological polar surface area (TPSA) is 89.2 Å². The minimum atomic E-state index is -0.344. The van der Waals surface area contributed by atoms with Gasteiger partial charge in [-0.1, -0.05) is 17.7 Å². The van der Waals surface area contributed by atoms with Crippen molar-refractivity contribution in [3.8, 4) is 5.69 Å². The molecule has 2 aromatic heterocycles. The smallest absolute Gasteiger partial charge is 0.286 e. The third-order valence-electron chi connectivity index (χ3n) is 3.76. The molecule has 0 fully saturated rings. The highest BCUT2D eigenvalue weighted by molar-refractivity contribution is 5.93. The normalized spacial score (nSPS) is 10.5. The summed E-state index contributed by atoms with van der Waals surface area (Å²) in [6, 6.07) is 12.9. The van der Waals surface area contributed by atoms with Crippen LogP contribution in [0, 0.1) is 13.8 Å². The lowest BCUT2D eigenvalue weighted by molar-refractivity contribution is -0.116. The molecule has 7 heteroatoms. The number of furan rings is 1. The summed E-state index contributed by atoms with van der Waals surface area (Å²) in [6.07, 6.45) is 1.57. The number of anilines is 1. The van der Waals surface area contributed by atoms with E-state index in [1.165, 1.54) is 6.26 Å². The van der Waals surface area contributed by atoms with Gasteiger partial charge in [-0.25, -0.2) is 4.68 Å². The lowest BCUT2D eigenvalue weighted by Gasteiger charge is -2.09. The van der Waals surface area contributed by atoms with E-state index in [4.69, 9.17) is 4.42 Å². The first-order valence-electron chi connectivity index (χ1n) is 8.28. The van der Waals surface area contributed by atoms with E-state index >= 15 is 0 Å². The minimum Gasteiger partial charge on any atom is -0.459 e. The standard InChI is InChI=1S/C19H20N4O3/c1-13-5-7-15(8-6-13)23-17(12-14(2)22-23)21-18(24)9-10-20-19(25)16-4-3-11-26-16/h3-8,11-12H,9-10H2,1-2H3,(H,20,25)(H,21,24). The molecule has 2 heterocycles. The fourth-order valence-corrected chi connectivity index (χ4v) is 2.46. The largest absolute Gasteiger partial charge is 0.459 e. The Morgan fingerprint density at radius 1 is 1.15 bits per heavy atom. The van der Waals surface area contributed by atoms with Gasteiger partial charge in [0, 0.05) is 19.0 Å². The van der Waals surface area contributed by atoms with Crippen molar-refractivity contribution in [3.63, 3.8) is 0 Å². The number of hydrogen-bond acceptors (Lipinski definition) is 4. The Morgan fingerprint density at radius 2 is 1.92 bits per heavy atom. The first kappa shape index (κ1) is 17.5. The van der Waals surface area contributed by atoms with Crippen molar-refractivity contribution in [1.82, 2.24) is 15.1 Å². The number of benzene rings is 1.